The molecule has 1 unspecified atom stereocenters. The Labute approximate surface area is 202 Å². The lowest BCUT2D eigenvalue weighted by Crippen LogP contribution is -2.36. The highest BCUT2D eigenvalue weighted by Crippen LogP contribution is 2.36. The lowest BCUT2D eigenvalue weighted by molar-refractivity contribution is -0.138. The summed E-state index contributed by atoms with van der Waals surface area (Å²) in [7, 11) is 0. The molecule has 2 aromatic rings. The van der Waals surface area contributed by atoms with Crippen molar-refractivity contribution < 1.29 is 18.0 Å². The molecule has 10 heteroatoms. The van der Waals surface area contributed by atoms with Crippen LogP contribution in [0.25, 0.3) is 6.08 Å². The summed E-state index contributed by atoms with van der Waals surface area (Å²) in [6.07, 6.45) is 6.04. The minimum Gasteiger partial charge on any atom is -0.384 e. The Morgan fingerprint density at radius 2 is 1.97 bits per heavy atom. The number of fused-ring (bicyclic) bond motifs is 1. The van der Waals surface area contributed by atoms with Crippen molar-refractivity contribution in [2.75, 3.05) is 25.1 Å². The third kappa shape index (κ3) is 5.36. The highest BCUT2D eigenvalue weighted by atomic mass is 19.4. The summed E-state index contributed by atoms with van der Waals surface area (Å²) in [4.78, 5) is 19.6. The van der Waals surface area contributed by atoms with Crippen LogP contribution in [-0.2, 0) is 6.18 Å². The molecule has 0 saturated heterocycles. The van der Waals surface area contributed by atoms with Crippen molar-refractivity contribution in [2.24, 2.45) is 0 Å². The minimum atomic E-state index is -4.49. The van der Waals surface area contributed by atoms with Gasteiger partial charge in [-0.05, 0) is 36.6 Å². The number of aromatic nitrogens is 2. The van der Waals surface area contributed by atoms with Gasteiger partial charge in [-0.15, -0.1) is 0 Å². The molecule has 4 rings (SSSR count). The first-order valence-corrected chi connectivity index (χ1v) is 11.7. The predicted octanol–water partition coefficient (Wildman–Crippen LogP) is 4.39. The molecule has 35 heavy (non-hydrogen) atoms. The molecule has 0 aliphatic carbocycles. The van der Waals surface area contributed by atoms with Crippen LogP contribution in [0.3, 0.4) is 0 Å². The third-order valence-corrected chi connectivity index (χ3v) is 5.82. The molecule has 0 radical (unpaired) electrons. The topological polar surface area (TPSA) is 74.2 Å². The van der Waals surface area contributed by atoms with Gasteiger partial charge in [-0.1, -0.05) is 38.1 Å². The van der Waals surface area contributed by atoms with Gasteiger partial charge in [0.05, 0.1) is 30.0 Å². The normalized spacial score (nSPS) is 17.0. The summed E-state index contributed by atoms with van der Waals surface area (Å²) in [5.41, 5.74) is 4.25. The van der Waals surface area contributed by atoms with Crippen molar-refractivity contribution in [3.05, 3.63) is 82.9 Å². The predicted molar refractivity (Wildman–Crippen MR) is 129 cm³/mol. The summed E-state index contributed by atoms with van der Waals surface area (Å²) in [5, 5.41) is 6.12. The van der Waals surface area contributed by atoms with Gasteiger partial charge in [0.25, 0.3) is 5.91 Å². The molecular formula is C25H29F3N6O. The number of dihydropyridines is 1. The Balaban J connectivity index is 1.53. The van der Waals surface area contributed by atoms with E-state index in [9.17, 15) is 18.0 Å². The van der Waals surface area contributed by atoms with E-state index in [0.717, 1.165) is 37.7 Å². The lowest BCUT2D eigenvalue weighted by atomic mass is 9.99. The molecule has 0 fully saturated rings. The molecule has 1 aromatic carbocycles. The summed E-state index contributed by atoms with van der Waals surface area (Å²) in [6, 6.07) is 4.62. The monoisotopic (exact) mass is 486 g/mol. The van der Waals surface area contributed by atoms with E-state index in [1.165, 1.54) is 23.0 Å². The second kappa shape index (κ2) is 10.3. The highest BCUT2D eigenvalue weighted by molar-refractivity contribution is 5.94. The molecule has 2 aliphatic heterocycles. The van der Waals surface area contributed by atoms with Crippen molar-refractivity contribution >= 4 is 12.0 Å². The molecule has 186 valence electrons. The summed E-state index contributed by atoms with van der Waals surface area (Å²) in [6.45, 7) is 6.52. The Bertz CT molecular complexity index is 1160. The zero-order chi connectivity index (χ0) is 25.0. The fourth-order valence-corrected chi connectivity index (χ4v) is 4.26. The largest absolute Gasteiger partial charge is 0.416 e. The number of rotatable bonds is 8. The zero-order valence-electron chi connectivity index (χ0n) is 19.7. The van der Waals surface area contributed by atoms with Crippen molar-refractivity contribution in [3.63, 3.8) is 0 Å². The molecule has 3 heterocycles. The maximum absolute atomic E-state index is 13.5. The van der Waals surface area contributed by atoms with Gasteiger partial charge in [0, 0.05) is 25.0 Å². The van der Waals surface area contributed by atoms with Gasteiger partial charge in [-0.25, -0.2) is 9.66 Å². The van der Waals surface area contributed by atoms with Crippen molar-refractivity contribution in [2.45, 2.75) is 38.9 Å². The number of allylic oxidation sites excluding steroid dienone is 1. The Kier molecular flexibility index (Phi) is 7.18. The maximum atomic E-state index is 13.5. The van der Waals surface area contributed by atoms with Gasteiger partial charge < -0.3 is 21.0 Å². The third-order valence-electron chi connectivity index (χ3n) is 5.82. The summed E-state index contributed by atoms with van der Waals surface area (Å²) in [5.74, 6) is 0.0329. The number of nitrogens with zero attached hydrogens (tertiary/aromatic N) is 3. The van der Waals surface area contributed by atoms with Crippen LogP contribution in [0.4, 0.5) is 13.2 Å². The number of imidazole rings is 1. The molecule has 0 saturated carbocycles. The van der Waals surface area contributed by atoms with E-state index in [-0.39, 0.29) is 11.3 Å². The fourth-order valence-electron chi connectivity index (χ4n) is 4.26. The van der Waals surface area contributed by atoms with Gasteiger partial charge >= 0.3 is 6.18 Å². The Hall–Kier alpha value is -3.69. The van der Waals surface area contributed by atoms with Gasteiger partial charge in [-0.2, -0.15) is 13.2 Å². The van der Waals surface area contributed by atoms with Crippen LogP contribution in [0.15, 0.2) is 60.2 Å². The Morgan fingerprint density at radius 1 is 1.23 bits per heavy atom. The van der Waals surface area contributed by atoms with Crippen LogP contribution in [0, 0.1) is 0 Å². The first-order valence-electron chi connectivity index (χ1n) is 11.7. The lowest BCUT2D eigenvalue weighted by Gasteiger charge is -2.28. The molecule has 3 N–H and O–H groups in total. The van der Waals surface area contributed by atoms with Crippen molar-refractivity contribution in [1.29, 1.82) is 0 Å². The van der Waals surface area contributed by atoms with Crippen molar-refractivity contribution in [1.82, 2.24) is 25.2 Å². The van der Waals surface area contributed by atoms with Crippen LogP contribution >= 0.6 is 0 Å². The van der Waals surface area contributed by atoms with E-state index >= 15 is 0 Å². The quantitative estimate of drug-likeness (QED) is 0.516. The van der Waals surface area contributed by atoms with E-state index in [1.54, 1.807) is 18.2 Å². The van der Waals surface area contributed by atoms with Crippen LogP contribution in [0.5, 0.6) is 0 Å². The summed E-state index contributed by atoms with van der Waals surface area (Å²) >= 11 is 0. The molecule has 2 aliphatic rings. The number of benzene rings is 1. The van der Waals surface area contributed by atoms with E-state index < -0.39 is 23.7 Å². The first-order chi connectivity index (χ1) is 16.8. The SMILES string of the molecule is CCCN(CCC)C1=CNCC(NC(=O)c2cnc3n2NC(c2ccccc2C(F)(F)F)C=C3)=C1. The molecule has 1 atom stereocenters. The van der Waals surface area contributed by atoms with E-state index in [4.69, 9.17) is 0 Å². The number of nitrogens with one attached hydrogen (secondary N) is 3. The number of alkyl halides is 3. The van der Waals surface area contributed by atoms with Crippen LogP contribution < -0.4 is 16.1 Å². The average Bonchev–Trinajstić information content (AvgIpc) is 3.27. The van der Waals surface area contributed by atoms with Crippen molar-refractivity contribution in [3.8, 4) is 0 Å². The second-order valence-electron chi connectivity index (χ2n) is 8.45. The number of carbonyl (C=O) groups excluding carboxylic acids is 1. The molecular weight excluding hydrogens is 457 g/mol. The molecule has 0 bridgehead atoms. The number of halogens is 3. The van der Waals surface area contributed by atoms with E-state index in [2.05, 4.69) is 39.8 Å². The molecule has 0 spiro atoms. The highest BCUT2D eigenvalue weighted by Gasteiger charge is 2.35. The van der Waals surface area contributed by atoms with E-state index in [1.807, 2.05) is 12.3 Å². The number of carbonyl (C=O) groups is 1. The van der Waals surface area contributed by atoms with Gasteiger partial charge in [0.15, 0.2) is 5.82 Å². The van der Waals surface area contributed by atoms with Crippen LogP contribution in [0.2, 0.25) is 0 Å². The van der Waals surface area contributed by atoms with Crippen LogP contribution in [0.1, 0.15) is 60.2 Å². The average molecular weight is 487 g/mol. The standard InChI is InChI=1S/C25H29F3N6O/c1-3-11-33(12-4-2)18-13-17(14-29-15-18)31-24(35)22-16-30-23-10-9-21(32-34(22)23)19-7-5-6-8-20(19)25(26,27)28/h5-10,13,15-16,21,29,32H,3-4,11-12,14H2,1-2H3,(H,31,35). The number of amides is 1. The van der Waals surface area contributed by atoms with Gasteiger partial charge in [0.1, 0.15) is 5.69 Å². The molecule has 1 aromatic heterocycles. The zero-order valence-corrected chi connectivity index (χ0v) is 19.7. The van der Waals surface area contributed by atoms with Gasteiger partial charge in [0.2, 0.25) is 0 Å². The molecule has 1 amide bonds. The maximum Gasteiger partial charge on any atom is 0.416 e. The first kappa shape index (κ1) is 24.4. The second-order valence-corrected chi connectivity index (χ2v) is 8.45. The number of hydrogen-bond acceptors (Lipinski definition) is 5. The smallest absolute Gasteiger partial charge is 0.384 e. The van der Waals surface area contributed by atoms with E-state index in [0.29, 0.717) is 18.1 Å². The minimum absolute atomic E-state index is 0.0721. The van der Waals surface area contributed by atoms with Gasteiger partial charge in [-0.3, -0.25) is 4.79 Å². The molecule has 7 nitrogen and oxygen atoms in total. The Morgan fingerprint density at radius 3 is 2.69 bits per heavy atom. The fraction of sp³-hybridized carbons (Fsp3) is 0.360. The van der Waals surface area contributed by atoms with Crippen LogP contribution in [-0.4, -0.2) is 40.1 Å². The number of hydrogen-bond donors (Lipinski definition) is 3. The summed E-state index contributed by atoms with van der Waals surface area (Å²) < 4.78 is 42.0.